The number of aromatic nitrogens is 4. The van der Waals surface area contributed by atoms with Gasteiger partial charge >= 0.3 is 0 Å². The monoisotopic (exact) mass is 434 g/mol. The zero-order chi connectivity index (χ0) is 21.4. The fourth-order valence-corrected chi connectivity index (χ4v) is 4.67. The molecule has 0 spiro atoms. The molecular formula is C22H22N6O2S. The Morgan fingerprint density at radius 2 is 1.97 bits per heavy atom. The van der Waals surface area contributed by atoms with Crippen molar-refractivity contribution in [3.63, 3.8) is 0 Å². The lowest BCUT2D eigenvalue weighted by Crippen LogP contribution is -2.48. The molecular weight excluding hydrogens is 412 g/mol. The topological polar surface area (TPSA) is 76.4 Å². The number of thiazole rings is 1. The maximum absolute atomic E-state index is 13.0. The number of fused-ring (bicyclic) bond motifs is 1. The molecule has 1 aliphatic heterocycles. The number of nitrogens with zero attached hydrogens (tertiary/aromatic N) is 6. The standard InChI is InChI=1S/C22H22N6O2S/c1-15-5-6-19(30-2)18(14-15)28-9-7-17(25-28)21(29)26-10-12-27(13-11-26)22-24-16-4-3-8-23-20(16)31-22/h3-9,14H,10-13H2,1-2H3. The van der Waals surface area contributed by atoms with Crippen molar-refractivity contribution < 1.29 is 9.53 Å². The number of rotatable bonds is 4. The van der Waals surface area contributed by atoms with E-state index in [2.05, 4.69) is 20.0 Å². The Kier molecular flexibility index (Phi) is 5.03. The van der Waals surface area contributed by atoms with Crippen molar-refractivity contribution >= 4 is 32.7 Å². The Morgan fingerprint density at radius 3 is 2.74 bits per heavy atom. The minimum absolute atomic E-state index is 0.0593. The molecule has 1 fully saturated rings. The summed E-state index contributed by atoms with van der Waals surface area (Å²) in [6.45, 7) is 4.74. The first-order valence-corrected chi connectivity index (χ1v) is 10.9. The third-order valence-electron chi connectivity index (χ3n) is 5.38. The van der Waals surface area contributed by atoms with E-state index in [4.69, 9.17) is 4.74 Å². The summed E-state index contributed by atoms with van der Waals surface area (Å²) in [4.78, 5) is 27.1. The molecule has 0 saturated carbocycles. The first-order valence-electron chi connectivity index (χ1n) is 10.1. The highest BCUT2D eigenvalue weighted by atomic mass is 32.1. The smallest absolute Gasteiger partial charge is 0.274 e. The van der Waals surface area contributed by atoms with Gasteiger partial charge in [-0.3, -0.25) is 4.79 Å². The maximum atomic E-state index is 13.0. The summed E-state index contributed by atoms with van der Waals surface area (Å²) in [6, 6.07) is 11.5. The number of benzene rings is 1. The van der Waals surface area contributed by atoms with E-state index in [1.165, 1.54) is 0 Å². The number of anilines is 1. The summed E-state index contributed by atoms with van der Waals surface area (Å²) >= 11 is 1.59. The molecule has 8 nitrogen and oxygen atoms in total. The molecule has 1 saturated heterocycles. The number of aryl methyl sites for hydroxylation is 1. The third kappa shape index (κ3) is 3.72. The predicted octanol–water partition coefficient (Wildman–Crippen LogP) is 3.16. The molecule has 0 bridgehead atoms. The number of ether oxygens (including phenoxy) is 1. The molecule has 158 valence electrons. The van der Waals surface area contributed by atoms with Crippen molar-refractivity contribution in [3.05, 3.63) is 60.0 Å². The number of pyridine rings is 1. The zero-order valence-electron chi connectivity index (χ0n) is 17.4. The second-order valence-electron chi connectivity index (χ2n) is 7.42. The number of carbonyl (C=O) groups is 1. The highest BCUT2D eigenvalue weighted by molar-refractivity contribution is 7.21. The molecule has 1 aromatic carbocycles. The van der Waals surface area contributed by atoms with Crippen molar-refractivity contribution in [1.82, 2.24) is 24.6 Å². The Hall–Kier alpha value is -3.46. The molecule has 31 heavy (non-hydrogen) atoms. The maximum Gasteiger partial charge on any atom is 0.274 e. The van der Waals surface area contributed by atoms with E-state index < -0.39 is 0 Å². The highest BCUT2D eigenvalue weighted by Crippen LogP contribution is 2.28. The van der Waals surface area contributed by atoms with Gasteiger partial charge < -0.3 is 14.5 Å². The molecule has 0 N–H and O–H groups in total. The number of carbonyl (C=O) groups excluding carboxylic acids is 1. The van der Waals surface area contributed by atoms with E-state index in [1.54, 1.807) is 41.6 Å². The van der Waals surface area contributed by atoms with Crippen molar-refractivity contribution in [2.75, 3.05) is 38.2 Å². The number of methoxy groups -OCH3 is 1. The van der Waals surface area contributed by atoms with E-state index >= 15 is 0 Å². The molecule has 0 atom stereocenters. The lowest BCUT2D eigenvalue weighted by atomic mass is 10.2. The summed E-state index contributed by atoms with van der Waals surface area (Å²) in [5, 5.41) is 5.48. The molecule has 4 heterocycles. The van der Waals surface area contributed by atoms with Crippen LogP contribution in [0.3, 0.4) is 0 Å². The molecule has 3 aromatic heterocycles. The second-order valence-corrected chi connectivity index (χ2v) is 8.38. The third-order valence-corrected chi connectivity index (χ3v) is 6.42. The molecule has 9 heteroatoms. The molecule has 0 aliphatic carbocycles. The Bertz CT molecular complexity index is 1210. The Balaban J connectivity index is 1.28. The average Bonchev–Trinajstić information content (AvgIpc) is 3.46. The van der Waals surface area contributed by atoms with E-state index in [9.17, 15) is 4.79 Å². The lowest BCUT2D eigenvalue weighted by molar-refractivity contribution is 0.0740. The van der Waals surface area contributed by atoms with Crippen molar-refractivity contribution in [2.24, 2.45) is 0 Å². The number of piperazine rings is 1. The first kappa shape index (κ1) is 19.5. The van der Waals surface area contributed by atoms with E-state index in [-0.39, 0.29) is 5.91 Å². The van der Waals surface area contributed by atoms with E-state index in [1.807, 2.05) is 42.2 Å². The zero-order valence-corrected chi connectivity index (χ0v) is 18.2. The van der Waals surface area contributed by atoms with Crippen LogP contribution in [0.2, 0.25) is 0 Å². The van der Waals surface area contributed by atoms with Gasteiger partial charge in [0.1, 0.15) is 21.8 Å². The van der Waals surface area contributed by atoms with Gasteiger partial charge in [0, 0.05) is 38.6 Å². The van der Waals surface area contributed by atoms with Crippen LogP contribution >= 0.6 is 11.3 Å². The van der Waals surface area contributed by atoms with Crippen LogP contribution in [-0.2, 0) is 0 Å². The summed E-state index contributed by atoms with van der Waals surface area (Å²) < 4.78 is 7.14. The van der Waals surface area contributed by atoms with Gasteiger partial charge in [-0.2, -0.15) is 5.10 Å². The molecule has 4 aromatic rings. The van der Waals surface area contributed by atoms with Crippen LogP contribution in [0.25, 0.3) is 16.0 Å². The minimum Gasteiger partial charge on any atom is -0.494 e. The normalized spacial score (nSPS) is 14.3. The minimum atomic E-state index is -0.0593. The van der Waals surface area contributed by atoms with Gasteiger partial charge in [-0.1, -0.05) is 17.4 Å². The van der Waals surface area contributed by atoms with E-state index in [0.29, 0.717) is 24.5 Å². The van der Waals surface area contributed by atoms with Gasteiger partial charge in [0.05, 0.1) is 7.11 Å². The quantitative estimate of drug-likeness (QED) is 0.491. The average molecular weight is 435 g/mol. The largest absolute Gasteiger partial charge is 0.494 e. The van der Waals surface area contributed by atoms with Crippen molar-refractivity contribution in [2.45, 2.75) is 6.92 Å². The molecule has 0 unspecified atom stereocenters. The van der Waals surface area contributed by atoms with Crippen LogP contribution in [0.4, 0.5) is 5.13 Å². The van der Waals surface area contributed by atoms with E-state index in [0.717, 1.165) is 39.8 Å². The first-order chi connectivity index (χ1) is 15.1. The fraction of sp³-hybridized carbons (Fsp3) is 0.273. The molecule has 0 radical (unpaired) electrons. The van der Waals surface area contributed by atoms with Crippen LogP contribution < -0.4 is 9.64 Å². The van der Waals surface area contributed by atoms with Gasteiger partial charge in [0.2, 0.25) is 0 Å². The summed E-state index contributed by atoms with van der Waals surface area (Å²) in [5.74, 6) is 0.655. The molecule has 5 rings (SSSR count). The number of hydrogen-bond acceptors (Lipinski definition) is 7. The van der Waals surface area contributed by atoms with Crippen LogP contribution in [0.1, 0.15) is 16.1 Å². The van der Waals surface area contributed by atoms with Crippen molar-refractivity contribution in [3.8, 4) is 11.4 Å². The van der Waals surface area contributed by atoms with Gasteiger partial charge in [-0.25, -0.2) is 14.6 Å². The van der Waals surface area contributed by atoms with Gasteiger partial charge in [-0.15, -0.1) is 0 Å². The lowest BCUT2D eigenvalue weighted by Gasteiger charge is -2.34. The summed E-state index contributed by atoms with van der Waals surface area (Å²) in [5.41, 5.74) is 3.26. The van der Waals surface area contributed by atoms with Crippen LogP contribution in [-0.4, -0.2) is 63.8 Å². The Labute approximate surface area is 183 Å². The SMILES string of the molecule is COc1ccc(C)cc1-n1ccc(C(=O)N2CCN(c3nc4cccnc4s3)CC2)n1. The number of amides is 1. The summed E-state index contributed by atoms with van der Waals surface area (Å²) in [7, 11) is 1.63. The number of hydrogen-bond donors (Lipinski definition) is 0. The predicted molar refractivity (Wildman–Crippen MR) is 120 cm³/mol. The van der Waals surface area contributed by atoms with Gasteiger partial charge in [0.15, 0.2) is 10.8 Å². The Morgan fingerprint density at radius 1 is 1.13 bits per heavy atom. The van der Waals surface area contributed by atoms with Crippen LogP contribution in [0.5, 0.6) is 5.75 Å². The highest BCUT2D eigenvalue weighted by Gasteiger charge is 2.25. The van der Waals surface area contributed by atoms with Gasteiger partial charge in [-0.05, 0) is 42.8 Å². The summed E-state index contributed by atoms with van der Waals surface area (Å²) in [6.07, 6.45) is 3.58. The second kappa shape index (κ2) is 7.99. The van der Waals surface area contributed by atoms with Crippen LogP contribution in [0, 0.1) is 6.92 Å². The fourth-order valence-electron chi connectivity index (χ4n) is 3.71. The molecule has 1 aliphatic rings. The van der Waals surface area contributed by atoms with Gasteiger partial charge in [0.25, 0.3) is 5.91 Å². The van der Waals surface area contributed by atoms with Crippen molar-refractivity contribution in [1.29, 1.82) is 0 Å². The van der Waals surface area contributed by atoms with Crippen LogP contribution in [0.15, 0.2) is 48.8 Å². The molecule has 1 amide bonds.